The quantitative estimate of drug-likeness (QED) is 0.720. The number of nitrogens with one attached hydrogen (secondary N) is 1. The van der Waals surface area contributed by atoms with E-state index in [9.17, 15) is 9.90 Å². The SMILES string of the molecule is O=C(c1cc(-n2cnnn2)n[nH]1)N1CCC(N2CC(O)C2)CC1. The van der Waals surface area contributed by atoms with E-state index < -0.39 is 0 Å². The largest absolute Gasteiger partial charge is 0.390 e. The maximum atomic E-state index is 12.5. The number of nitrogens with zero attached hydrogens (tertiary/aromatic N) is 7. The molecule has 0 bridgehead atoms. The number of aliphatic hydroxyl groups excluding tert-OH is 1. The van der Waals surface area contributed by atoms with Crippen molar-refractivity contribution < 1.29 is 9.90 Å². The highest BCUT2D eigenvalue weighted by atomic mass is 16.3. The van der Waals surface area contributed by atoms with Gasteiger partial charge in [0, 0.05) is 38.3 Å². The number of carbonyl (C=O) groups excluding carboxylic acids is 1. The molecule has 2 fully saturated rings. The first kappa shape index (κ1) is 14.3. The Morgan fingerprint density at radius 3 is 2.74 bits per heavy atom. The number of rotatable bonds is 3. The highest BCUT2D eigenvalue weighted by molar-refractivity contribution is 5.92. The van der Waals surface area contributed by atoms with Crippen molar-refractivity contribution in [3.05, 3.63) is 18.1 Å². The molecule has 0 aromatic carbocycles. The third kappa shape index (κ3) is 2.70. The van der Waals surface area contributed by atoms with Gasteiger partial charge in [-0.25, -0.2) is 0 Å². The number of tetrazole rings is 1. The van der Waals surface area contributed by atoms with Gasteiger partial charge in [-0.2, -0.15) is 9.78 Å². The van der Waals surface area contributed by atoms with E-state index in [4.69, 9.17) is 0 Å². The van der Waals surface area contributed by atoms with Crippen molar-refractivity contribution in [2.24, 2.45) is 0 Å². The lowest BCUT2D eigenvalue weighted by molar-refractivity contribution is -0.0381. The molecular weight excluding hydrogens is 300 g/mol. The summed E-state index contributed by atoms with van der Waals surface area (Å²) in [4.78, 5) is 16.7. The highest BCUT2D eigenvalue weighted by Gasteiger charge is 2.34. The van der Waals surface area contributed by atoms with Gasteiger partial charge in [-0.15, -0.1) is 5.10 Å². The molecule has 2 aliphatic heterocycles. The summed E-state index contributed by atoms with van der Waals surface area (Å²) in [5, 5.41) is 27.0. The Kier molecular flexibility index (Phi) is 3.54. The molecule has 0 atom stereocenters. The van der Waals surface area contributed by atoms with Gasteiger partial charge in [-0.05, 0) is 23.3 Å². The molecule has 0 spiro atoms. The summed E-state index contributed by atoms with van der Waals surface area (Å²) in [6.07, 6.45) is 3.13. The summed E-state index contributed by atoms with van der Waals surface area (Å²) in [6.45, 7) is 2.95. The number of β-amino-alcohol motifs (C(OH)–C–C–N with tert-alkyl or cyclic N) is 1. The molecule has 2 saturated heterocycles. The van der Waals surface area contributed by atoms with Crippen LogP contribution in [0.15, 0.2) is 12.4 Å². The molecule has 2 N–H and O–H groups in total. The van der Waals surface area contributed by atoms with Crippen LogP contribution >= 0.6 is 0 Å². The summed E-state index contributed by atoms with van der Waals surface area (Å²) in [6, 6.07) is 2.12. The molecule has 23 heavy (non-hydrogen) atoms. The van der Waals surface area contributed by atoms with Crippen molar-refractivity contribution in [1.29, 1.82) is 0 Å². The maximum Gasteiger partial charge on any atom is 0.271 e. The fraction of sp³-hybridized carbons (Fsp3) is 0.615. The maximum absolute atomic E-state index is 12.5. The molecule has 122 valence electrons. The standard InChI is InChI=1S/C13H18N8O2/c22-10-6-20(7-10)9-1-3-19(4-2-9)13(23)11-5-12(16-15-11)21-8-14-17-18-21/h5,8-10,22H,1-4,6-7H2,(H,15,16). The van der Waals surface area contributed by atoms with Crippen LogP contribution in [0.2, 0.25) is 0 Å². The molecule has 0 aliphatic carbocycles. The molecule has 4 rings (SSSR count). The van der Waals surface area contributed by atoms with Crippen LogP contribution in [0.25, 0.3) is 5.82 Å². The van der Waals surface area contributed by atoms with Crippen LogP contribution in [0.3, 0.4) is 0 Å². The molecule has 2 aromatic rings. The fourth-order valence-corrected chi connectivity index (χ4v) is 3.19. The van der Waals surface area contributed by atoms with Crippen molar-refractivity contribution in [3.63, 3.8) is 0 Å². The van der Waals surface area contributed by atoms with Gasteiger partial charge in [0.1, 0.15) is 12.0 Å². The molecule has 0 saturated carbocycles. The summed E-state index contributed by atoms with van der Waals surface area (Å²) in [7, 11) is 0. The predicted molar refractivity (Wildman–Crippen MR) is 77.8 cm³/mol. The number of aliphatic hydroxyl groups is 1. The number of piperidine rings is 1. The van der Waals surface area contributed by atoms with E-state index in [2.05, 4.69) is 30.6 Å². The second-order valence-corrected chi connectivity index (χ2v) is 6.03. The van der Waals surface area contributed by atoms with Crippen molar-refractivity contribution >= 4 is 5.91 Å². The second kappa shape index (κ2) is 5.70. The Morgan fingerprint density at radius 1 is 1.30 bits per heavy atom. The first-order valence-electron chi connectivity index (χ1n) is 7.71. The lowest BCUT2D eigenvalue weighted by Crippen LogP contribution is -2.58. The Hall–Kier alpha value is -2.33. The first-order chi connectivity index (χ1) is 11.2. The zero-order valence-electron chi connectivity index (χ0n) is 12.5. The number of H-pyrrole nitrogens is 1. The van der Waals surface area contributed by atoms with Crippen LogP contribution in [0, 0.1) is 0 Å². The molecule has 2 aliphatic rings. The topological polar surface area (TPSA) is 116 Å². The Balaban J connectivity index is 1.37. The minimum atomic E-state index is -0.177. The van der Waals surface area contributed by atoms with Gasteiger partial charge in [0.15, 0.2) is 5.82 Å². The number of aromatic amines is 1. The van der Waals surface area contributed by atoms with Gasteiger partial charge in [0.2, 0.25) is 0 Å². The van der Waals surface area contributed by atoms with Gasteiger partial charge in [0.25, 0.3) is 5.91 Å². The van der Waals surface area contributed by atoms with E-state index in [-0.39, 0.29) is 12.0 Å². The average molecular weight is 318 g/mol. The van der Waals surface area contributed by atoms with Crippen molar-refractivity contribution in [3.8, 4) is 5.82 Å². The predicted octanol–water partition coefficient (Wildman–Crippen LogP) is -1.33. The van der Waals surface area contributed by atoms with Crippen LogP contribution in [-0.4, -0.2) is 89.5 Å². The van der Waals surface area contributed by atoms with Crippen molar-refractivity contribution in [2.75, 3.05) is 26.2 Å². The zero-order valence-corrected chi connectivity index (χ0v) is 12.5. The van der Waals surface area contributed by atoms with Crippen molar-refractivity contribution in [2.45, 2.75) is 25.0 Å². The van der Waals surface area contributed by atoms with Gasteiger partial charge >= 0.3 is 0 Å². The number of hydrogen-bond acceptors (Lipinski definition) is 7. The lowest BCUT2D eigenvalue weighted by Gasteiger charge is -2.45. The normalized spacial score (nSPS) is 20.7. The Morgan fingerprint density at radius 2 is 2.09 bits per heavy atom. The molecular formula is C13H18N8O2. The molecule has 10 heteroatoms. The van der Waals surface area contributed by atoms with Crippen LogP contribution in [0.1, 0.15) is 23.3 Å². The van der Waals surface area contributed by atoms with Gasteiger partial charge < -0.3 is 10.0 Å². The van der Waals surface area contributed by atoms with Gasteiger partial charge in [-0.3, -0.25) is 14.8 Å². The average Bonchev–Trinajstić information content (AvgIpc) is 3.22. The zero-order chi connectivity index (χ0) is 15.8. The molecule has 2 aromatic heterocycles. The molecule has 1 amide bonds. The van der Waals surface area contributed by atoms with E-state index in [1.165, 1.54) is 11.0 Å². The van der Waals surface area contributed by atoms with Gasteiger partial charge in [-0.1, -0.05) is 0 Å². The lowest BCUT2D eigenvalue weighted by atomic mass is 9.98. The van der Waals surface area contributed by atoms with Crippen LogP contribution in [0.4, 0.5) is 0 Å². The number of likely N-dealkylation sites (tertiary alicyclic amines) is 2. The van der Waals surface area contributed by atoms with E-state index >= 15 is 0 Å². The van der Waals surface area contributed by atoms with Crippen LogP contribution < -0.4 is 0 Å². The Labute approximate surface area is 132 Å². The minimum absolute atomic E-state index is 0.0566. The first-order valence-corrected chi connectivity index (χ1v) is 7.71. The summed E-state index contributed by atoms with van der Waals surface area (Å²) in [5.41, 5.74) is 0.438. The minimum Gasteiger partial charge on any atom is -0.390 e. The number of hydrogen-bond donors (Lipinski definition) is 2. The highest BCUT2D eigenvalue weighted by Crippen LogP contribution is 2.22. The van der Waals surface area contributed by atoms with E-state index in [1.54, 1.807) is 6.07 Å². The van der Waals surface area contributed by atoms with Crippen LogP contribution in [-0.2, 0) is 0 Å². The molecule has 0 unspecified atom stereocenters. The van der Waals surface area contributed by atoms with E-state index in [0.29, 0.717) is 17.6 Å². The smallest absolute Gasteiger partial charge is 0.271 e. The summed E-state index contributed by atoms with van der Waals surface area (Å²) >= 11 is 0. The van der Waals surface area contributed by atoms with E-state index in [1.807, 2.05) is 4.90 Å². The van der Waals surface area contributed by atoms with Crippen molar-refractivity contribution in [1.82, 2.24) is 40.2 Å². The van der Waals surface area contributed by atoms with E-state index in [0.717, 1.165) is 39.0 Å². The summed E-state index contributed by atoms with van der Waals surface area (Å²) < 4.78 is 1.40. The Bertz CT molecular complexity index is 670. The number of amides is 1. The third-order valence-electron chi connectivity index (χ3n) is 4.54. The number of aromatic nitrogens is 6. The number of carbonyl (C=O) groups is 1. The molecule has 0 radical (unpaired) electrons. The van der Waals surface area contributed by atoms with Gasteiger partial charge in [0.05, 0.1) is 6.10 Å². The fourth-order valence-electron chi connectivity index (χ4n) is 3.19. The summed E-state index contributed by atoms with van der Waals surface area (Å²) in [5.74, 6) is 0.432. The third-order valence-corrected chi connectivity index (χ3v) is 4.54. The molecule has 10 nitrogen and oxygen atoms in total. The molecule has 4 heterocycles. The second-order valence-electron chi connectivity index (χ2n) is 6.03. The van der Waals surface area contributed by atoms with Crippen LogP contribution in [0.5, 0.6) is 0 Å². The monoisotopic (exact) mass is 318 g/mol.